The van der Waals surface area contributed by atoms with E-state index in [1.54, 1.807) is 13.3 Å². The van der Waals surface area contributed by atoms with Gasteiger partial charge in [0.1, 0.15) is 11.7 Å². The van der Waals surface area contributed by atoms with Crippen molar-refractivity contribution in [1.82, 2.24) is 10.7 Å². The molecule has 0 bridgehead atoms. The Morgan fingerprint density at radius 1 is 1.41 bits per heavy atom. The molecule has 0 fully saturated rings. The highest BCUT2D eigenvalue weighted by Crippen LogP contribution is 2.02. The number of rotatable bonds is 7. The lowest BCUT2D eigenvalue weighted by Crippen LogP contribution is -2.48. The Kier molecular flexibility index (Phi) is 7.18. The van der Waals surface area contributed by atoms with Crippen LogP contribution in [0.2, 0.25) is 0 Å². The van der Waals surface area contributed by atoms with E-state index in [1.807, 2.05) is 33.8 Å². The first-order valence-electron chi connectivity index (χ1n) is 5.95. The zero-order valence-corrected chi connectivity index (χ0v) is 11.8. The minimum Gasteiger partial charge on any atom is -0.366 e. The van der Waals surface area contributed by atoms with Crippen LogP contribution in [0.5, 0.6) is 0 Å². The minimum atomic E-state index is -0.318. The molecule has 0 aromatic carbocycles. The van der Waals surface area contributed by atoms with Gasteiger partial charge in [0, 0.05) is 19.0 Å². The van der Waals surface area contributed by atoms with E-state index in [-0.39, 0.29) is 11.7 Å². The van der Waals surface area contributed by atoms with Crippen LogP contribution in [0.4, 0.5) is 0 Å². The molecule has 5 heteroatoms. The van der Waals surface area contributed by atoms with Crippen LogP contribution in [0.3, 0.4) is 0 Å². The predicted molar refractivity (Wildman–Crippen MR) is 73.1 cm³/mol. The lowest BCUT2D eigenvalue weighted by Gasteiger charge is -2.26. The summed E-state index contributed by atoms with van der Waals surface area (Å²) in [5, 5.41) is 11.5. The van der Waals surface area contributed by atoms with E-state index in [0.29, 0.717) is 0 Å². The van der Waals surface area contributed by atoms with Gasteiger partial charge >= 0.3 is 0 Å². The van der Waals surface area contributed by atoms with Gasteiger partial charge in [0.05, 0.1) is 0 Å². The second-order valence-electron chi connectivity index (χ2n) is 4.43. The largest absolute Gasteiger partial charge is 0.366 e. The Morgan fingerprint density at radius 2 is 2.06 bits per heavy atom. The fourth-order valence-electron chi connectivity index (χ4n) is 1.21. The van der Waals surface area contributed by atoms with Crippen molar-refractivity contribution in [2.24, 2.45) is 15.3 Å². The third kappa shape index (κ3) is 7.49. The van der Waals surface area contributed by atoms with E-state index >= 15 is 0 Å². The number of aliphatic imine (C=N–C) groups is 1. The zero-order chi connectivity index (χ0) is 13.3. The first-order valence-corrected chi connectivity index (χ1v) is 5.95. The Morgan fingerprint density at radius 3 is 2.53 bits per heavy atom. The molecule has 0 radical (unpaired) electrons. The second kappa shape index (κ2) is 7.81. The normalized spacial score (nSPS) is 15.5. The molecule has 0 spiro atoms. The summed E-state index contributed by atoms with van der Waals surface area (Å²) in [7, 11) is 1.74. The van der Waals surface area contributed by atoms with Gasteiger partial charge in [-0.25, -0.2) is 0 Å². The lowest BCUT2D eigenvalue weighted by atomic mass is 10.2. The maximum atomic E-state index is 4.16. The number of nitrogens with zero attached hydrogens (tertiary/aromatic N) is 3. The molecular formula is C12H25N5. The summed E-state index contributed by atoms with van der Waals surface area (Å²) in [6.45, 7) is 10.1. The van der Waals surface area contributed by atoms with Gasteiger partial charge in [-0.05, 0) is 34.1 Å². The van der Waals surface area contributed by atoms with Crippen LogP contribution in [0.15, 0.2) is 27.1 Å². The highest BCUT2D eigenvalue weighted by Gasteiger charge is 2.15. The molecule has 0 heterocycles. The molecular weight excluding hydrogens is 214 g/mol. The van der Waals surface area contributed by atoms with Crippen LogP contribution in [-0.2, 0) is 0 Å². The first kappa shape index (κ1) is 15.6. The monoisotopic (exact) mass is 239 g/mol. The van der Waals surface area contributed by atoms with Crippen molar-refractivity contribution < 1.29 is 0 Å². The highest BCUT2D eigenvalue weighted by atomic mass is 15.5. The lowest BCUT2D eigenvalue weighted by molar-refractivity contribution is 0.333. The smallest absolute Gasteiger partial charge is 0.119 e. The van der Waals surface area contributed by atoms with Crippen LogP contribution < -0.4 is 10.7 Å². The SMILES string of the molecule is C/C=C(/C)NC(C)(C)NN=NC(C=NC)CC. The molecule has 0 aromatic rings. The molecule has 0 saturated carbocycles. The van der Waals surface area contributed by atoms with E-state index in [2.05, 4.69) is 33.0 Å². The maximum Gasteiger partial charge on any atom is 0.119 e. The van der Waals surface area contributed by atoms with E-state index in [0.717, 1.165) is 12.1 Å². The standard InChI is InChI=1S/C12H25N5/c1-7-10(3)14-12(4,5)16-17-15-11(8-2)9-13-6/h7,9,11,14H,8H2,1-6H3,(H,15,16)/b10-7-,13-9?. The first-order chi connectivity index (χ1) is 7.95. The fraction of sp³-hybridized carbons (Fsp3) is 0.750. The van der Waals surface area contributed by atoms with Crippen LogP contribution in [-0.4, -0.2) is 25.0 Å². The molecule has 0 aliphatic rings. The highest BCUT2D eigenvalue weighted by molar-refractivity contribution is 5.63. The van der Waals surface area contributed by atoms with Crippen LogP contribution >= 0.6 is 0 Å². The fourth-order valence-corrected chi connectivity index (χ4v) is 1.21. The molecule has 17 heavy (non-hydrogen) atoms. The van der Waals surface area contributed by atoms with E-state index < -0.39 is 0 Å². The average molecular weight is 239 g/mol. The Labute approximate surface area is 104 Å². The van der Waals surface area contributed by atoms with Gasteiger partial charge in [-0.2, -0.15) is 5.11 Å². The second-order valence-corrected chi connectivity index (χ2v) is 4.43. The van der Waals surface area contributed by atoms with Crippen molar-refractivity contribution in [3.05, 3.63) is 11.8 Å². The van der Waals surface area contributed by atoms with E-state index in [9.17, 15) is 0 Å². The predicted octanol–water partition coefficient (Wildman–Crippen LogP) is 2.67. The summed E-state index contributed by atoms with van der Waals surface area (Å²) in [5.41, 5.74) is 3.77. The number of hydrogen-bond donors (Lipinski definition) is 2. The summed E-state index contributed by atoms with van der Waals surface area (Å²) >= 11 is 0. The third-order valence-corrected chi connectivity index (χ3v) is 2.22. The average Bonchev–Trinajstić information content (AvgIpc) is 2.26. The zero-order valence-electron chi connectivity index (χ0n) is 11.8. The molecule has 0 aliphatic heterocycles. The molecule has 0 rings (SSSR count). The van der Waals surface area contributed by atoms with Crippen LogP contribution in [0, 0.1) is 0 Å². The summed E-state index contributed by atoms with van der Waals surface area (Å²) in [6, 6.07) is 0.0473. The number of allylic oxidation sites excluding steroid dienone is 2. The molecule has 5 nitrogen and oxygen atoms in total. The van der Waals surface area contributed by atoms with Crippen molar-refractivity contribution in [3.8, 4) is 0 Å². The molecule has 0 saturated heterocycles. The summed E-state index contributed by atoms with van der Waals surface area (Å²) in [5.74, 6) is 0. The molecule has 1 atom stereocenters. The third-order valence-electron chi connectivity index (χ3n) is 2.22. The van der Waals surface area contributed by atoms with Crippen molar-refractivity contribution in [2.45, 2.75) is 52.7 Å². The Bertz CT molecular complexity index is 291. The van der Waals surface area contributed by atoms with Gasteiger partial charge in [0.2, 0.25) is 0 Å². The van der Waals surface area contributed by atoms with Gasteiger partial charge in [-0.15, -0.1) is 0 Å². The van der Waals surface area contributed by atoms with Gasteiger partial charge in [0.25, 0.3) is 0 Å². The molecule has 0 aliphatic carbocycles. The maximum absolute atomic E-state index is 4.16. The summed E-state index contributed by atoms with van der Waals surface area (Å²) < 4.78 is 0. The molecule has 0 aromatic heterocycles. The van der Waals surface area contributed by atoms with Gasteiger partial charge in [0.15, 0.2) is 0 Å². The molecule has 0 amide bonds. The van der Waals surface area contributed by atoms with Gasteiger partial charge in [-0.3, -0.25) is 10.4 Å². The van der Waals surface area contributed by atoms with E-state index in [1.165, 1.54) is 0 Å². The molecule has 98 valence electrons. The number of hydrogen-bond acceptors (Lipinski definition) is 4. The van der Waals surface area contributed by atoms with Crippen LogP contribution in [0.25, 0.3) is 0 Å². The molecule has 1 unspecified atom stereocenters. The van der Waals surface area contributed by atoms with Crippen LogP contribution in [0.1, 0.15) is 41.0 Å². The van der Waals surface area contributed by atoms with Crippen molar-refractivity contribution in [1.29, 1.82) is 0 Å². The molecule has 2 N–H and O–H groups in total. The van der Waals surface area contributed by atoms with E-state index in [4.69, 9.17) is 0 Å². The quantitative estimate of drug-likeness (QED) is 0.310. The summed E-state index contributed by atoms with van der Waals surface area (Å²) in [6.07, 6.45) is 4.70. The van der Waals surface area contributed by atoms with Crippen molar-refractivity contribution in [3.63, 3.8) is 0 Å². The topological polar surface area (TPSA) is 61.1 Å². The number of nitrogens with one attached hydrogen (secondary N) is 2. The minimum absolute atomic E-state index is 0.0473. The summed E-state index contributed by atoms with van der Waals surface area (Å²) in [4.78, 5) is 3.95. The van der Waals surface area contributed by atoms with Gasteiger partial charge < -0.3 is 5.32 Å². The Balaban J connectivity index is 4.29. The van der Waals surface area contributed by atoms with Crippen molar-refractivity contribution in [2.75, 3.05) is 7.05 Å². The van der Waals surface area contributed by atoms with Gasteiger partial charge in [-0.1, -0.05) is 18.2 Å². The Hall–Kier alpha value is -1.39. The van der Waals surface area contributed by atoms with Crippen molar-refractivity contribution >= 4 is 6.21 Å².